The molecule has 0 aliphatic carbocycles. The van der Waals surface area contributed by atoms with Crippen LogP contribution in [0.1, 0.15) is 38.5 Å². The Kier molecular flexibility index (Phi) is 3.99. The van der Waals surface area contributed by atoms with Gasteiger partial charge in [-0.2, -0.15) is 0 Å². The van der Waals surface area contributed by atoms with Gasteiger partial charge in [0.2, 0.25) is 5.91 Å². The summed E-state index contributed by atoms with van der Waals surface area (Å²) in [5.41, 5.74) is 0. The minimum absolute atomic E-state index is 0.133. The number of amides is 1. The van der Waals surface area contributed by atoms with Crippen LogP contribution in [0.2, 0.25) is 0 Å². The van der Waals surface area contributed by atoms with Crippen molar-refractivity contribution in [3.63, 3.8) is 0 Å². The van der Waals surface area contributed by atoms with Crippen molar-refractivity contribution in [1.29, 1.82) is 0 Å². The fourth-order valence-corrected chi connectivity index (χ4v) is 2.86. The predicted molar refractivity (Wildman–Crippen MR) is 62.5 cm³/mol. The zero-order chi connectivity index (χ0) is 12.3. The highest BCUT2D eigenvalue weighted by Gasteiger charge is 2.42. The van der Waals surface area contributed by atoms with Crippen molar-refractivity contribution in [2.75, 3.05) is 6.54 Å². The summed E-state index contributed by atoms with van der Waals surface area (Å²) in [6, 6.07) is 0.918. The lowest BCUT2D eigenvalue weighted by molar-refractivity contribution is -0.137. The van der Waals surface area contributed by atoms with E-state index in [1.807, 2.05) is 0 Å². The molecule has 96 valence electrons. The molecule has 0 aromatic heterocycles. The summed E-state index contributed by atoms with van der Waals surface area (Å²) < 4.78 is 0. The van der Waals surface area contributed by atoms with Crippen molar-refractivity contribution < 1.29 is 14.7 Å². The van der Waals surface area contributed by atoms with Crippen LogP contribution in [0.5, 0.6) is 0 Å². The van der Waals surface area contributed by atoms with E-state index in [1.165, 1.54) is 6.42 Å². The molecule has 5 heteroatoms. The Morgan fingerprint density at radius 1 is 1.29 bits per heavy atom. The lowest BCUT2D eigenvalue weighted by Crippen LogP contribution is -2.37. The summed E-state index contributed by atoms with van der Waals surface area (Å²) in [5, 5.41) is 14.8. The van der Waals surface area contributed by atoms with Crippen LogP contribution < -0.4 is 10.6 Å². The molecule has 2 saturated heterocycles. The second-order valence-corrected chi connectivity index (χ2v) is 5.03. The topological polar surface area (TPSA) is 78.4 Å². The maximum absolute atomic E-state index is 11.9. The number of nitrogens with one attached hydrogen (secondary N) is 2. The Balaban J connectivity index is 1.60. The summed E-state index contributed by atoms with van der Waals surface area (Å²) in [6.07, 6.45) is 4.84. The average molecular weight is 240 g/mol. The van der Waals surface area contributed by atoms with Crippen LogP contribution in [-0.2, 0) is 9.59 Å². The summed E-state index contributed by atoms with van der Waals surface area (Å²) in [4.78, 5) is 22.2. The number of carboxylic acids is 1. The van der Waals surface area contributed by atoms with Crippen LogP contribution in [0.3, 0.4) is 0 Å². The van der Waals surface area contributed by atoms with Crippen LogP contribution in [0.15, 0.2) is 0 Å². The third kappa shape index (κ3) is 3.19. The number of hydrogen-bond acceptors (Lipinski definition) is 3. The molecule has 3 atom stereocenters. The number of aliphatic carboxylic acids is 1. The average Bonchev–Trinajstić information content (AvgIpc) is 2.89. The molecule has 0 saturated carbocycles. The highest BCUT2D eigenvalue weighted by atomic mass is 16.4. The molecule has 2 aliphatic rings. The minimum Gasteiger partial charge on any atom is -0.481 e. The van der Waals surface area contributed by atoms with Gasteiger partial charge in [0.1, 0.15) is 0 Å². The maximum Gasteiger partial charge on any atom is 0.303 e. The van der Waals surface area contributed by atoms with Crippen molar-refractivity contribution in [2.45, 2.75) is 50.6 Å². The molecule has 0 spiro atoms. The highest BCUT2D eigenvalue weighted by Crippen LogP contribution is 2.33. The van der Waals surface area contributed by atoms with Crippen molar-refractivity contribution in [1.82, 2.24) is 10.6 Å². The third-order valence-corrected chi connectivity index (χ3v) is 3.75. The largest absolute Gasteiger partial charge is 0.481 e. The molecule has 3 unspecified atom stereocenters. The zero-order valence-corrected chi connectivity index (χ0v) is 9.95. The maximum atomic E-state index is 11.9. The van der Waals surface area contributed by atoms with Gasteiger partial charge in [-0.15, -0.1) is 0 Å². The Morgan fingerprint density at radius 2 is 2.12 bits per heavy atom. The Hall–Kier alpha value is -1.10. The first-order chi connectivity index (χ1) is 8.16. The van der Waals surface area contributed by atoms with Gasteiger partial charge < -0.3 is 15.7 Å². The molecule has 1 amide bonds. The summed E-state index contributed by atoms with van der Waals surface area (Å²) >= 11 is 0. The molecule has 2 fully saturated rings. The zero-order valence-electron chi connectivity index (χ0n) is 9.95. The number of carbonyl (C=O) groups excluding carboxylic acids is 1. The van der Waals surface area contributed by atoms with E-state index < -0.39 is 5.97 Å². The molecule has 2 aliphatic heterocycles. The molecule has 0 aromatic carbocycles. The van der Waals surface area contributed by atoms with E-state index in [9.17, 15) is 9.59 Å². The van der Waals surface area contributed by atoms with E-state index >= 15 is 0 Å². The fourth-order valence-electron chi connectivity index (χ4n) is 2.86. The van der Waals surface area contributed by atoms with E-state index in [0.29, 0.717) is 25.0 Å². The second-order valence-electron chi connectivity index (χ2n) is 5.03. The SMILES string of the molecule is O=C(O)CCCCNC(=O)C1CC2CCC1N2. The van der Waals surface area contributed by atoms with Gasteiger partial charge in [-0.25, -0.2) is 0 Å². The minimum atomic E-state index is -0.770. The van der Waals surface area contributed by atoms with Gasteiger partial charge in [0.25, 0.3) is 0 Å². The lowest BCUT2D eigenvalue weighted by atomic mass is 9.88. The Bertz CT molecular complexity index is 306. The molecule has 5 nitrogen and oxygen atoms in total. The highest BCUT2D eigenvalue weighted by molar-refractivity contribution is 5.80. The van der Waals surface area contributed by atoms with Gasteiger partial charge in [0.05, 0.1) is 5.92 Å². The van der Waals surface area contributed by atoms with Crippen molar-refractivity contribution in [2.24, 2.45) is 5.92 Å². The van der Waals surface area contributed by atoms with Crippen LogP contribution >= 0.6 is 0 Å². The molecule has 2 bridgehead atoms. The fraction of sp³-hybridized carbons (Fsp3) is 0.833. The van der Waals surface area contributed by atoms with Gasteiger partial charge in [-0.1, -0.05) is 0 Å². The number of carboxylic acid groups (broad SMARTS) is 1. The van der Waals surface area contributed by atoms with Crippen LogP contribution in [0, 0.1) is 5.92 Å². The summed E-state index contributed by atoms with van der Waals surface area (Å²) in [6.45, 7) is 0.597. The molecule has 2 rings (SSSR count). The third-order valence-electron chi connectivity index (χ3n) is 3.75. The quantitative estimate of drug-likeness (QED) is 0.591. The van der Waals surface area contributed by atoms with E-state index in [1.54, 1.807) is 0 Å². The number of fused-ring (bicyclic) bond motifs is 2. The van der Waals surface area contributed by atoms with Gasteiger partial charge in [0, 0.05) is 25.0 Å². The van der Waals surface area contributed by atoms with Gasteiger partial charge in [-0.3, -0.25) is 9.59 Å². The lowest BCUT2D eigenvalue weighted by Gasteiger charge is -2.19. The number of hydrogen-bond donors (Lipinski definition) is 3. The van der Waals surface area contributed by atoms with E-state index in [0.717, 1.165) is 19.3 Å². The van der Waals surface area contributed by atoms with Gasteiger partial charge in [0.15, 0.2) is 0 Å². The van der Waals surface area contributed by atoms with E-state index in [4.69, 9.17) is 5.11 Å². The number of unbranched alkanes of at least 4 members (excludes halogenated alkanes) is 1. The van der Waals surface area contributed by atoms with E-state index in [-0.39, 0.29) is 18.2 Å². The summed E-state index contributed by atoms with van der Waals surface area (Å²) in [5.74, 6) is -0.498. The smallest absolute Gasteiger partial charge is 0.303 e. The molecule has 0 aromatic rings. The first kappa shape index (κ1) is 12.4. The van der Waals surface area contributed by atoms with Crippen LogP contribution in [0.25, 0.3) is 0 Å². The van der Waals surface area contributed by atoms with Gasteiger partial charge >= 0.3 is 5.97 Å². The van der Waals surface area contributed by atoms with Crippen LogP contribution in [-0.4, -0.2) is 35.6 Å². The normalized spacial score (nSPS) is 30.5. The van der Waals surface area contributed by atoms with Gasteiger partial charge in [-0.05, 0) is 32.1 Å². The number of rotatable bonds is 6. The second kappa shape index (κ2) is 5.49. The molecule has 2 heterocycles. The predicted octanol–water partition coefficient (Wildman–Crippen LogP) is 0.498. The first-order valence-electron chi connectivity index (χ1n) is 6.42. The van der Waals surface area contributed by atoms with Crippen molar-refractivity contribution >= 4 is 11.9 Å². The van der Waals surface area contributed by atoms with Crippen molar-refractivity contribution in [3.8, 4) is 0 Å². The van der Waals surface area contributed by atoms with E-state index in [2.05, 4.69) is 10.6 Å². The van der Waals surface area contributed by atoms with Crippen LogP contribution in [0.4, 0.5) is 0 Å². The molecular weight excluding hydrogens is 220 g/mol. The Labute approximate surface area is 101 Å². The van der Waals surface area contributed by atoms with Crippen molar-refractivity contribution in [3.05, 3.63) is 0 Å². The molecular formula is C12H20N2O3. The number of carbonyl (C=O) groups is 2. The Morgan fingerprint density at radius 3 is 2.71 bits per heavy atom. The monoisotopic (exact) mass is 240 g/mol. The molecule has 3 N–H and O–H groups in total. The molecule has 0 radical (unpaired) electrons. The first-order valence-corrected chi connectivity index (χ1v) is 6.42. The molecule has 17 heavy (non-hydrogen) atoms. The standard InChI is InChI=1S/C12H20N2O3/c15-11(16)3-1-2-6-13-12(17)9-7-8-4-5-10(9)14-8/h8-10,14H,1-7H2,(H,13,17)(H,15,16). The summed E-state index contributed by atoms with van der Waals surface area (Å²) in [7, 11) is 0.